The van der Waals surface area contributed by atoms with Gasteiger partial charge in [-0.3, -0.25) is 19.6 Å². The summed E-state index contributed by atoms with van der Waals surface area (Å²) in [6, 6.07) is 4.51. The molecule has 0 saturated carbocycles. The molecule has 0 aliphatic heterocycles. The maximum atomic E-state index is 12.2. The Hall–Kier alpha value is -2.41. The van der Waals surface area contributed by atoms with Gasteiger partial charge in [0.15, 0.2) is 0 Å². The molecule has 0 aliphatic carbocycles. The molecule has 0 bridgehead atoms. The van der Waals surface area contributed by atoms with Gasteiger partial charge in [-0.05, 0) is 31.5 Å². The van der Waals surface area contributed by atoms with E-state index in [0.29, 0.717) is 10.7 Å². The van der Waals surface area contributed by atoms with E-state index in [1.807, 2.05) is 0 Å². The number of hydrogen-bond acceptors (Lipinski definition) is 4. The summed E-state index contributed by atoms with van der Waals surface area (Å²) in [5.74, 6) is -0.335. The maximum absolute atomic E-state index is 12.2. The highest BCUT2D eigenvalue weighted by Crippen LogP contribution is 2.24. The van der Waals surface area contributed by atoms with E-state index >= 15 is 0 Å². The molecule has 0 radical (unpaired) electrons. The molecular formula is C13H13ClN4O3. The van der Waals surface area contributed by atoms with E-state index in [1.54, 1.807) is 32.0 Å². The Labute approximate surface area is 125 Å². The van der Waals surface area contributed by atoms with E-state index in [9.17, 15) is 14.9 Å². The monoisotopic (exact) mass is 308 g/mol. The van der Waals surface area contributed by atoms with Crippen LogP contribution in [0.2, 0.25) is 5.02 Å². The fourth-order valence-electron chi connectivity index (χ4n) is 1.73. The third kappa shape index (κ3) is 3.19. The van der Waals surface area contributed by atoms with Gasteiger partial charge < -0.3 is 5.32 Å². The molecule has 1 aromatic heterocycles. The van der Waals surface area contributed by atoms with Gasteiger partial charge in [-0.15, -0.1) is 0 Å². The van der Waals surface area contributed by atoms with E-state index in [4.69, 9.17) is 11.6 Å². The minimum Gasteiger partial charge on any atom is -0.324 e. The number of nitrogens with one attached hydrogen (secondary N) is 1. The van der Waals surface area contributed by atoms with Gasteiger partial charge in [0.1, 0.15) is 18.4 Å². The molecule has 21 heavy (non-hydrogen) atoms. The number of nitrogens with zero attached hydrogens (tertiary/aromatic N) is 3. The van der Waals surface area contributed by atoms with E-state index in [2.05, 4.69) is 10.4 Å². The molecule has 0 aliphatic rings. The number of carbonyl (C=O) groups is 1. The molecule has 7 nitrogen and oxygen atoms in total. The molecule has 1 heterocycles. The zero-order chi connectivity index (χ0) is 15.6. The first-order valence-corrected chi connectivity index (χ1v) is 6.52. The standard InChI is InChI=1S/C13H13ClN4O3/c1-8-11(14)4-3-5-12(8)16-13(19)9(2)17-7-10(6-15-17)18(20)21/h3-7,9H,1-2H3,(H,16,19). The van der Waals surface area contributed by atoms with Crippen molar-refractivity contribution in [3.05, 3.63) is 51.3 Å². The lowest BCUT2D eigenvalue weighted by Crippen LogP contribution is -2.24. The molecule has 0 spiro atoms. The molecule has 2 aromatic rings. The zero-order valence-electron chi connectivity index (χ0n) is 11.4. The van der Waals surface area contributed by atoms with E-state index < -0.39 is 11.0 Å². The lowest BCUT2D eigenvalue weighted by atomic mass is 10.2. The fraction of sp³-hybridized carbons (Fsp3) is 0.231. The van der Waals surface area contributed by atoms with Crippen molar-refractivity contribution in [3.8, 4) is 0 Å². The molecule has 1 unspecified atom stereocenters. The van der Waals surface area contributed by atoms with Gasteiger partial charge in [0, 0.05) is 10.7 Å². The fourth-order valence-corrected chi connectivity index (χ4v) is 1.91. The smallest absolute Gasteiger partial charge is 0.307 e. The van der Waals surface area contributed by atoms with Gasteiger partial charge in [0.25, 0.3) is 0 Å². The van der Waals surface area contributed by atoms with Crippen molar-refractivity contribution in [1.29, 1.82) is 0 Å². The summed E-state index contributed by atoms with van der Waals surface area (Å²) in [6.07, 6.45) is 2.32. The average Bonchev–Trinajstić information content (AvgIpc) is 2.93. The number of halogens is 1. The number of carbonyl (C=O) groups excluding carboxylic acids is 1. The molecule has 1 N–H and O–H groups in total. The van der Waals surface area contributed by atoms with Gasteiger partial charge >= 0.3 is 5.69 Å². The first kappa shape index (κ1) is 15.0. The summed E-state index contributed by atoms with van der Waals surface area (Å²) in [7, 11) is 0. The molecule has 2 rings (SSSR count). The van der Waals surface area contributed by atoms with Crippen LogP contribution in [0, 0.1) is 17.0 Å². The molecule has 110 valence electrons. The van der Waals surface area contributed by atoms with Gasteiger partial charge in [0.05, 0.1) is 4.92 Å². The SMILES string of the molecule is Cc1c(Cl)cccc1NC(=O)C(C)n1cc([N+](=O)[O-])cn1. The Morgan fingerprint density at radius 1 is 1.52 bits per heavy atom. The molecule has 1 amide bonds. The van der Waals surface area contributed by atoms with Crippen LogP contribution in [-0.2, 0) is 4.79 Å². The highest BCUT2D eigenvalue weighted by molar-refractivity contribution is 6.31. The van der Waals surface area contributed by atoms with E-state index in [-0.39, 0.29) is 11.6 Å². The van der Waals surface area contributed by atoms with Crippen molar-refractivity contribution in [2.24, 2.45) is 0 Å². The summed E-state index contributed by atoms with van der Waals surface area (Å²) in [6.45, 7) is 3.40. The van der Waals surface area contributed by atoms with Crippen LogP contribution in [0.25, 0.3) is 0 Å². The number of hydrogen-bond donors (Lipinski definition) is 1. The molecule has 8 heteroatoms. The second-order valence-electron chi connectivity index (χ2n) is 4.51. The predicted molar refractivity (Wildman–Crippen MR) is 78.4 cm³/mol. The van der Waals surface area contributed by atoms with Crippen molar-refractivity contribution in [3.63, 3.8) is 0 Å². The van der Waals surface area contributed by atoms with Crippen LogP contribution in [0.15, 0.2) is 30.6 Å². The average molecular weight is 309 g/mol. The largest absolute Gasteiger partial charge is 0.324 e. The van der Waals surface area contributed by atoms with Crippen LogP contribution in [0.5, 0.6) is 0 Å². The minimum absolute atomic E-state index is 0.159. The zero-order valence-corrected chi connectivity index (χ0v) is 12.2. The van der Waals surface area contributed by atoms with Crippen molar-refractivity contribution in [1.82, 2.24) is 9.78 Å². The summed E-state index contributed by atoms with van der Waals surface area (Å²) >= 11 is 5.99. The van der Waals surface area contributed by atoms with Crippen LogP contribution in [-0.4, -0.2) is 20.6 Å². The molecular weight excluding hydrogens is 296 g/mol. The summed E-state index contributed by atoms with van der Waals surface area (Å²) in [5.41, 5.74) is 1.20. The normalized spacial score (nSPS) is 12.0. The van der Waals surface area contributed by atoms with Gasteiger partial charge in [-0.2, -0.15) is 5.10 Å². The van der Waals surface area contributed by atoms with Crippen LogP contribution >= 0.6 is 11.6 Å². The third-order valence-electron chi connectivity index (χ3n) is 3.10. The number of aromatic nitrogens is 2. The minimum atomic E-state index is -0.683. The second-order valence-corrected chi connectivity index (χ2v) is 4.92. The Balaban J connectivity index is 2.15. The second kappa shape index (κ2) is 5.92. The summed E-state index contributed by atoms with van der Waals surface area (Å²) in [5, 5.41) is 17.7. The Morgan fingerprint density at radius 2 is 2.24 bits per heavy atom. The van der Waals surface area contributed by atoms with E-state index in [1.165, 1.54) is 10.9 Å². The highest BCUT2D eigenvalue weighted by Gasteiger charge is 2.19. The van der Waals surface area contributed by atoms with Crippen molar-refractivity contribution >= 4 is 28.9 Å². The van der Waals surface area contributed by atoms with Gasteiger partial charge in [-0.25, -0.2) is 0 Å². The number of amides is 1. The molecule has 0 saturated heterocycles. The first-order valence-electron chi connectivity index (χ1n) is 6.14. The van der Waals surface area contributed by atoms with Crippen LogP contribution < -0.4 is 5.32 Å². The number of nitro groups is 1. The summed E-state index contributed by atoms with van der Waals surface area (Å²) in [4.78, 5) is 22.2. The van der Waals surface area contributed by atoms with Gasteiger partial charge in [0.2, 0.25) is 5.91 Å². The Kier molecular flexibility index (Phi) is 4.23. The number of anilines is 1. The maximum Gasteiger partial charge on any atom is 0.307 e. The predicted octanol–water partition coefficient (Wildman–Crippen LogP) is 2.95. The summed E-state index contributed by atoms with van der Waals surface area (Å²) < 4.78 is 1.24. The topological polar surface area (TPSA) is 90.1 Å². The molecule has 1 atom stereocenters. The van der Waals surface area contributed by atoms with Crippen LogP contribution in [0.1, 0.15) is 18.5 Å². The highest BCUT2D eigenvalue weighted by atomic mass is 35.5. The van der Waals surface area contributed by atoms with Crippen molar-refractivity contribution in [2.75, 3.05) is 5.32 Å². The van der Waals surface area contributed by atoms with Gasteiger partial charge in [-0.1, -0.05) is 17.7 Å². The van der Waals surface area contributed by atoms with E-state index in [0.717, 1.165) is 11.8 Å². The third-order valence-corrected chi connectivity index (χ3v) is 3.51. The molecule has 1 aromatic carbocycles. The van der Waals surface area contributed by atoms with Crippen LogP contribution in [0.4, 0.5) is 11.4 Å². The Bertz CT molecular complexity index is 698. The van der Waals surface area contributed by atoms with Crippen LogP contribution in [0.3, 0.4) is 0 Å². The molecule has 0 fully saturated rings. The lowest BCUT2D eigenvalue weighted by molar-refractivity contribution is -0.385. The lowest BCUT2D eigenvalue weighted by Gasteiger charge is -2.14. The quantitative estimate of drug-likeness (QED) is 0.694. The number of rotatable bonds is 4. The Morgan fingerprint density at radius 3 is 2.86 bits per heavy atom. The first-order chi connectivity index (χ1) is 9.90. The van der Waals surface area contributed by atoms with Crippen molar-refractivity contribution in [2.45, 2.75) is 19.9 Å². The van der Waals surface area contributed by atoms with Crippen molar-refractivity contribution < 1.29 is 9.72 Å². The number of benzene rings is 1.